The summed E-state index contributed by atoms with van der Waals surface area (Å²) in [5.41, 5.74) is 9.30. The van der Waals surface area contributed by atoms with Crippen LogP contribution in [0.4, 0.5) is 5.69 Å². The Hall–Kier alpha value is -2.36. The lowest BCUT2D eigenvalue weighted by Crippen LogP contribution is -1.92. The van der Waals surface area contributed by atoms with E-state index in [2.05, 4.69) is 15.0 Å². The summed E-state index contributed by atoms with van der Waals surface area (Å²) < 4.78 is 0. The predicted molar refractivity (Wildman–Crippen MR) is 63.7 cm³/mol. The van der Waals surface area contributed by atoms with Gasteiger partial charge in [-0.15, -0.1) is 0 Å². The Morgan fingerprint density at radius 3 is 2.81 bits per heavy atom. The van der Waals surface area contributed by atoms with Gasteiger partial charge in [0.2, 0.25) is 0 Å². The molecule has 78 valence electrons. The number of hydrogen-bond donors (Lipinski definition) is 2. The monoisotopic (exact) mass is 210 g/mol. The number of H-pyrrole nitrogens is 1. The van der Waals surface area contributed by atoms with E-state index < -0.39 is 0 Å². The van der Waals surface area contributed by atoms with Crippen LogP contribution in [0.15, 0.2) is 42.9 Å². The van der Waals surface area contributed by atoms with Gasteiger partial charge in [-0.25, -0.2) is 9.97 Å². The van der Waals surface area contributed by atoms with Crippen LogP contribution < -0.4 is 5.73 Å². The van der Waals surface area contributed by atoms with Crippen molar-refractivity contribution in [3.05, 3.63) is 42.9 Å². The highest BCUT2D eigenvalue weighted by Crippen LogP contribution is 2.28. The van der Waals surface area contributed by atoms with E-state index in [1.54, 1.807) is 6.33 Å². The smallest absolute Gasteiger partial charge is 0.141 e. The van der Waals surface area contributed by atoms with E-state index in [0.29, 0.717) is 0 Å². The van der Waals surface area contributed by atoms with E-state index in [-0.39, 0.29) is 0 Å². The molecule has 0 aliphatic rings. The number of nitrogens with zero attached hydrogens (tertiary/aromatic N) is 2. The van der Waals surface area contributed by atoms with Crippen molar-refractivity contribution in [2.45, 2.75) is 0 Å². The maximum atomic E-state index is 5.94. The van der Waals surface area contributed by atoms with E-state index in [1.165, 1.54) is 0 Å². The van der Waals surface area contributed by atoms with Gasteiger partial charge in [0, 0.05) is 22.8 Å². The number of aromatic nitrogens is 3. The lowest BCUT2D eigenvalue weighted by Gasteiger charge is -2.04. The molecule has 3 rings (SSSR count). The molecular weight excluding hydrogens is 200 g/mol. The van der Waals surface area contributed by atoms with E-state index >= 15 is 0 Å². The first kappa shape index (κ1) is 8.91. The van der Waals surface area contributed by atoms with Gasteiger partial charge < -0.3 is 10.7 Å². The molecule has 0 unspecified atom stereocenters. The number of anilines is 1. The summed E-state index contributed by atoms with van der Waals surface area (Å²) in [5.74, 6) is 0. The Bertz CT molecular complexity index is 642. The largest absolute Gasteiger partial charge is 0.398 e. The SMILES string of the molecule is Nc1ccccc1-c1ncnc2[nH]ccc12. The van der Waals surface area contributed by atoms with Crippen LogP contribution in [0.5, 0.6) is 0 Å². The van der Waals surface area contributed by atoms with Gasteiger partial charge in [0.25, 0.3) is 0 Å². The van der Waals surface area contributed by atoms with Crippen LogP contribution in [0.2, 0.25) is 0 Å². The number of nitrogen functional groups attached to an aromatic ring is 1. The number of rotatable bonds is 1. The van der Waals surface area contributed by atoms with Crippen LogP contribution in [0.25, 0.3) is 22.3 Å². The fourth-order valence-electron chi connectivity index (χ4n) is 1.80. The number of nitrogens with two attached hydrogens (primary N) is 1. The predicted octanol–water partition coefficient (Wildman–Crippen LogP) is 2.21. The minimum Gasteiger partial charge on any atom is -0.398 e. The van der Waals surface area contributed by atoms with Crippen LogP contribution in [0.3, 0.4) is 0 Å². The lowest BCUT2D eigenvalue weighted by atomic mass is 10.1. The maximum Gasteiger partial charge on any atom is 0.141 e. The topological polar surface area (TPSA) is 67.6 Å². The van der Waals surface area contributed by atoms with E-state index in [4.69, 9.17) is 5.73 Å². The number of para-hydroxylation sites is 1. The molecule has 4 nitrogen and oxygen atoms in total. The number of aromatic amines is 1. The Morgan fingerprint density at radius 1 is 1.06 bits per heavy atom. The Morgan fingerprint density at radius 2 is 1.94 bits per heavy atom. The third-order valence-electron chi connectivity index (χ3n) is 2.57. The third kappa shape index (κ3) is 1.24. The van der Waals surface area contributed by atoms with Crippen LogP contribution in [0, 0.1) is 0 Å². The van der Waals surface area contributed by atoms with Crippen molar-refractivity contribution in [1.29, 1.82) is 0 Å². The third-order valence-corrected chi connectivity index (χ3v) is 2.57. The first-order valence-electron chi connectivity index (χ1n) is 4.99. The highest BCUT2D eigenvalue weighted by Gasteiger charge is 2.08. The van der Waals surface area contributed by atoms with E-state index in [9.17, 15) is 0 Å². The summed E-state index contributed by atoms with van der Waals surface area (Å²) in [6.45, 7) is 0. The second kappa shape index (κ2) is 3.34. The minimum absolute atomic E-state index is 0.726. The molecule has 0 bridgehead atoms. The number of hydrogen-bond acceptors (Lipinski definition) is 3. The summed E-state index contributed by atoms with van der Waals surface area (Å²) in [6, 6.07) is 9.65. The van der Waals surface area contributed by atoms with Gasteiger partial charge in [0.05, 0.1) is 5.69 Å². The normalized spacial score (nSPS) is 10.8. The molecule has 2 heterocycles. The van der Waals surface area contributed by atoms with Crippen molar-refractivity contribution in [3.63, 3.8) is 0 Å². The quantitative estimate of drug-likeness (QED) is 0.605. The maximum absolute atomic E-state index is 5.94. The fourth-order valence-corrected chi connectivity index (χ4v) is 1.80. The molecule has 0 radical (unpaired) electrons. The van der Waals surface area contributed by atoms with Gasteiger partial charge in [-0.3, -0.25) is 0 Å². The van der Waals surface area contributed by atoms with Crippen molar-refractivity contribution in [1.82, 2.24) is 15.0 Å². The van der Waals surface area contributed by atoms with Crippen molar-refractivity contribution in [3.8, 4) is 11.3 Å². The zero-order chi connectivity index (χ0) is 11.0. The molecule has 3 aromatic rings. The van der Waals surface area contributed by atoms with Gasteiger partial charge in [-0.2, -0.15) is 0 Å². The summed E-state index contributed by atoms with van der Waals surface area (Å²) in [6.07, 6.45) is 3.39. The second-order valence-corrected chi connectivity index (χ2v) is 3.55. The zero-order valence-corrected chi connectivity index (χ0v) is 8.51. The molecule has 0 atom stereocenters. The average molecular weight is 210 g/mol. The molecule has 0 spiro atoms. The zero-order valence-electron chi connectivity index (χ0n) is 8.51. The van der Waals surface area contributed by atoms with Gasteiger partial charge in [-0.05, 0) is 12.1 Å². The van der Waals surface area contributed by atoms with Crippen molar-refractivity contribution < 1.29 is 0 Å². The highest BCUT2D eigenvalue weighted by molar-refractivity contribution is 5.93. The molecule has 1 aromatic carbocycles. The van der Waals surface area contributed by atoms with E-state index in [0.717, 1.165) is 28.0 Å². The van der Waals surface area contributed by atoms with Crippen molar-refractivity contribution in [2.24, 2.45) is 0 Å². The van der Waals surface area contributed by atoms with Crippen LogP contribution in [-0.2, 0) is 0 Å². The van der Waals surface area contributed by atoms with Gasteiger partial charge >= 0.3 is 0 Å². The van der Waals surface area contributed by atoms with Gasteiger partial charge in [0.1, 0.15) is 12.0 Å². The molecule has 0 amide bonds. The van der Waals surface area contributed by atoms with Crippen LogP contribution in [-0.4, -0.2) is 15.0 Å². The summed E-state index contributed by atoms with van der Waals surface area (Å²) >= 11 is 0. The number of benzene rings is 1. The minimum atomic E-state index is 0.726. The standard InChI is InChI=1S/C12H10N4/c13-10-4-2-1-3-8(10)11-9-5-6-14-12(9)16-7-15-11/h1-7H,13H2,(H,14,15,16). The summed E-state index contributed by atoms with van der Waals surface area (Å²) in [5, 5.41) is 0.986. The molecule has 3 N–H and O–H groups in total. The van der Waals surface area contributed by atoms with Crippen molar-refractivity contribution >= 4 is 16.7 Å². The summed E-state index contributed by atoms with van der Waals surface area (Å²) in [7, 11) is 0. The van der Waals surface area contributed by atoms with Crippen LogP contribution >= 0.6 is 0 Å². The van der Waals surface area contributed by atoms with Crippen molar-refractivity contribution in [2.75, 3.05) is 5.73 Å². The van der Waals surface area contributed by atoms with E-state index in [1.807, 2.05) is 36.5 Å². The lowest BCUT2D eigenvalue weighted by molar-refractivity contribution is 1.20. The average Bonchev–Trinajstić information content (AvgIpc) is 2.77. The highest BCUT2D eigenvalue weighted by atomic mass is 14.9. The Labute approximate surface area is 92.2 Å². The molecule has 16 heavy (non-hydrogen) atoms. The molecule has 0 saturated carbocycles. The molecule has 0 fully saturated rings. The second-order valence-electron chi connectivity index (χ2n) is 3.55. The first-order valence-corrected chi connectivity index (χ1v) is 4.99. The number of nitrogens with one attached hydrogen (secondary N) is 1. The molecule has 2 aromatic heterocycles. The Balaban J connectivity index is 2.34. The Kier molecular flexibility index (Phi) is 1.86. The first-order chi connectivity index (χ1) is 7.86. The molecule has 0 saturated heterocycles. The molecule has 0 aliphatic carbocycles. The number of fused-ring (bicyclic) bond motifs is 1. The summed E-state index contributed by atoms with van der Waals surface area (Å²) in [4.78, 5) is 11.5. The molecular formula is C12H10N4. The molecule has 4 heteroatoms. The van der Waals surface area contributed by atoms with Gasteiger partial charge in [0.15, 0.2) is 0 Å². The fraction of sp³-hybridized carbons (Fsp3) is 0. The van der Waals surface area contributed by atoms with Gasteiger partial charge in [-0.1, -0.05) is 18.2 Å². The van der Waals surface area contributed by atoms with Crippen LogP contribution in [0.1, 0.15) is 0 Å². The molecule has 0 aliphatic heterocycles.